The number of fused-ring (bicyclic) bond motifs is 3. The Balaban J connectivity index is 1.44. The van der Waals surface area contributed by atoms with Gasteiger partial charge in [0, 0.05) is 41.1 Å². The number of piperidine rings is 1. The molecule has 1 aromatic carbocycles. The normalized spacial score (nSPS) is 16.6. The van der Waals surface area contributed by atoms with E-state index in [1.54, 1.807) is 22.6 Å². The Hall–Kier alpha value is -2.71. The summed E-state index contributed by atoms with van der Waals surface area (Å²) in [4.78, 5) is 28.0. The first-order valence-electron chi connectivity index (χ1n) is 10.6. The zero-order valence-electron chi connectivity index (χ0n) is 18.1. The van der Waals surface area contributed by atoms with Crippen LogP contribution in [0.25, 0.3) is 17.2 Å². The predicted octanol–water partition coefficient (Wildman–Crippen LogP) is 3.41. The molecule has 3 aromatic rings. The lowest BCUT2D eigenvalue weighted by Crippen LogP contribution is -2.44. The highest BCUT2D eigenvalue weighted by Crippen LogP contribution is 2.40. The fourth-order valence-electron chi connectivity index (χ4n) is 4.34. The molecule has 2 aromatic heterocycles. The van der Waals surface area contributed by atoms with E-state index < -0.39 is 0 Å². The molecule has 0 bridgehead atoms. The molecule has 0 spiro atoms. The standard InChI is InChI=1S/C23H26N6OS/c1-15-19(22(30)28(3)17-8-10-27(2)11-9-17)13-25-29(15)23-24-12-16-14-31-20-7-5-4-6-18(20)21(16)26-23/h4-7,12-13,17H,8-11,14H2,1-3H3. The van der Waals surface area contributed by atoms with E-state index in [0.717, 1.165) is 54.2 Å². The molecule has 0 saturated carbocycles. The Morgan fingerprint density at radius 2 is 1.97 bits per heavy atom. The van der Waals surface area contributed by atoms with Crippen LogP contribution in [0, 0.1) is 6.92 Å². The molecule has 160 valence electrons. The average Bonchev–Trinajstić information content (AvgIpc) is 3.19. The van der Waals surface area contributed by atoms with Crippen molar-refractivity contribution in [2.24, 2.45) is 0 Å². The van der Waals surface area contributed by atoms with Gasteiger partial charge in [0.2, 0.25) is 0 Å². The van der Waals surface area contributed by atoms with E-state index >= 15 is 0 Å². The number of benzene rings is 1. The van der Waals surface area contributed by atoms with Crippen molar-refractivity contribution in [3.63, 3.8) is 0 Å². The summed E-state index contributed by atoms with van der Waals surface area (Å²) in [5, 5.41) is 4.48. The van der Waals surface area contributed by atoms with Gasteiger partial charge in [-0.25, -0.2) is 14.6 Å². The molecule has 1 fully saturated rings. The van der Waals surface area contributed by atoms with E-state index in [4.69, 9.17) is 4.98 Å². The summed E-state index contributed by atoms with van der Waals surface area (Å²) >= 11 is 1.81. The number of amides is 1. The Labute approximate surface area is 186 Å². The van der Waals surface area contributed by atoms with Gasteiger partial charge in [0.05, 0.1) is 23.1 Å². The van der Waals surface area contributed by atoms with Crippen LogP contribution >= 0.6 is 11.8 Å². The molecule has 7 nitrogen and oxygen atoms in total. The number of hydrogen-bond donors (Lipinski definition) is 0. The first-order chi connectivity index (χ1) is 15.0. The number of carbonyl (C=O) groups is 1. The van der Waals surface area contributed by atoms with Crippen LogP contribution in [-0.2, 0) is 5.75 Å². The SMILES string of the molecule is Cc1c(C(=O)N(C)C2CCN(C)CC2)cnn1-c1ncc2c(n1)-c1ccccc1SC2. The van der Waals surface area contributed by atoms with Gasteiger partial charge in [0.1, 0.15) is 0 Å². The monoisotopic (exact) mass is 434 g/mol. The van der Waals surface area contributed by atoms with Gasteiger partial charge in [0.25, 0.3) is 11.9 Å². The second-order valence-electron chi connectivity index (χ2n) is 8.33. The van der Waals surface area contributed by atoms with E-state index in [9.17, 15) is 4.79 Å². The first kappa shape index (κ1) is 20.2. The van der Waals surface area contributed by atoms with Crippen LogP contribution in [0.15, 0.2) is 41.6 Å². The highest BCUT2D eigenvalue weighted by molar-refractivity contribution is 7.98. The Bertz CT molecular complexity index is 1130. The van der Waals surface area contributed by atoms with Gasteiger partial charge in [-0.15, -0.1) is 11.8 Å². The molecule has 0 radical (unpaired) electrons. The van der Waals surface area contributed by atoms with Gasteiger partial charge in [-0.05, 0) is 46.0 Å². The molecule has 5 rings (SSSR count). The van der Waals surface area contributed by atoms with Crippen molar-refractivity contribution in [3.05, 3.63) is 53.5 Å². The van der Waals surface area contributed by atoms with Crippen molar-refractivity contribution in [2.75, 3.05) is 27.2 Å². The van der Waals surface area contributed by atoms with Crippen LogP contribution in [0.3, 0.4) is 0 Å². The molecule has 2 aliphatic rings. The van der Waals surface area contributed by atoms with Crippen molar-refractivity contribution in [2.45, 2.75) is 36.5 Å². The highest BCUT2D eigenvalue weighted by Gasteiger charge is 2.27. The Morgan fingerprint density at radius 3 is 2.77 bits per heavy atom. The first-order valence-corrected chi connectivity index (χ1v) is 11.6. The van der Waals surface area contributed by atoms with Crippen molar-refractivity contribution >= 4 is 17.7 Å². The zero-order valence-corrected chi connectivity index (χ0v) is 18.9. The summed E-state index contributed by atoms with van der Waals surface area (Å²) in [6.07, 6.45) is 5.53. The molecule has 31 heavy (non-hydrogen) atoms. The fourth-order valence-corrected chi connectivity index (χ4v) is 5.36. The van der Waals surface area contributed by atoms with E-state index in [2.05, 4.69) is 40.2 Å². The number of carbonyl (C=O) groups excluding carboxylic acids is 1. The summed E-state index contributed by atoms with van der Waals surface area (Å²) in [6.45, 7) is 3.95. The maximum Gasteiger partial charge on any atom is 0.257 e. The van der Waals surface area contributed by atoms with Gasteiger partial charge in [0.15, 0.2) is 0 Å². The summed E-state index contributed by atoms with van der Waals surface area (Å²) < 4.78 is 1.68. The van der Waals surface area contributed by atoms with Crippen molar-refractivity contribution in [1.82, 2.24) is 29.5 Å². The van der Waals surface area contributed by atoms with Crippen LogP contribution in [0.1, 0.15) is 34.5 Å². The van der Waals surface area contributed by atoms with Crippen LogP contribution in [0.4, 0.5) is 0 Å². The molecule has 2 aliphatic heterocycles. The van der Waals surface area contributed by atoms with Gasteiger partial charge in [-0.2, -0.15) is 5.10 Å². The predicted molar refractivity (Wildman–Crippen MR) is 122 cm³/mol. The van der Waals surface area contributed by atoms with Gasteiger partial charge < -0.3 is 9.80 Å². The molecule has 0 unspecified atom stereocenters. The third-order valence-corrected chi connectivity index (χ3v) is 7.49. The summed E-state index contributed by atoms with van der Waals surface area (Å²) in [5.74, 6) is 1.37. The zero-order chi connectivity index (χ0) is 21.5. The van der Waals surface area contributed by atoms with Gasteiger partial charge in [-0.3, -0.25) is 4.79 Å². The number of hydrogen-bond acceptors (Lipinski definition) is 6. The lowest BCUT2D eigenvalue weighted by molar-refractivity contribution is 0.0659. The summed E-state index contributed by atoms with van der Waals surface area (Å²) in [6, 6.07) is 8.57. The van der Waals surface area contributed by atoms with Gasteiger partial charge in [-0.1, -0.05) is 18.2 Å². The molecule has 4 heterocycles. The lowest BCUT2D eigenvalue weighted by atomic mass is 10.0. The van der Waals surface area contributed by atoms with Crippen LogP contribution < -0.4 is 0 Å². The third kappa shape index (κ3) is 3.64. The van der Waals surface area contributed by atoms with Crippen LogP contribution in [0.5, 0.6) is 0 Å². The molecule has 1 amide bonds. The number of rotatable bonds is 3. The average molecular weight is 435 g/mol. The van der Waals surface area contributed by atoms with Crippen molar-refractivity contribution < 1.29 is 4.79 Å². The minimum Gasteiger partial charge on any atom is -0.339 e. The quantitative estimate of drug-likeness (QED) is 0.629. The molecule has 8 heteroatoms. The van der Waals surface area contributed by atoms with E-state index in [-0.39, 0.29) is 11.9 Å². The van der Waals surface area contributed by atoms with E-state index in [1.165, 1.54) is 4.90 Å². The number of likely N-dealkylation sites (tertiary alicyclic amines) is 1. The van der Waals surface area contributed by atoms with Crippen LogP contribution in [0.2, 0.25) is 0 Å². The molecular formula is C23H26N6OS. The highest BCUT2D eigenvalue weighted by atomic mass is 32.2. The maximum atomic E-state index is 13.2. The third-order valence-electron chi connectivity index (χ3n) is 6.36. The minimum atomic E-state index is 0.0120. The number of aromatic nitrogens is 4. The summed E-state index contributed by atoms with van der Waals surface area (Å²) in [5.41, 5.74) is 4.57. The Morgan fingerprint density at radius 1 is 1.19 bits per heavy atom. The number of thioether (sulfide) groups is 1. The second-order valence-corrected chi connectivity index (χ2v) is 9.35. The largest absolute Gasteiger partial charge is 0.339 e. The Kier molecular flexibility index (Phi) is 5.27. The molecule has 1 saturated heterocycles. The fraction of sp³-hybridized carbons (Fsp3) is 0.391. The number of nitrogens with zero attached hydrogens (tertiary/aromatic N) is 6. The molecule has 0 atom stereocenters. The van der Waals surface area contributed by atoms with Crippen LogP contribution in [-0.4, -0.2) is 68.7 Å². The lowest BCUT2D eigenvalue weighted by Gasteiger charge is -2.35. The molecule has 0 aliphatic carbocycles. The van der Waals surface area contributed by atoms with Gasteiger partial charge >= 0.3 is 0 Å². The molecule has 0 N–H and O–H groups in total. The second kappa shape index (κ2) is 8.09. The minimum absolute atomic E-state index is 0.0120. The summed E-state index contributed by atoms with van der Waals surface area (Å²) in [7, 11) is 4.03. The van der Waals surface area contributed by atoms with Crippen molar-refractivity contribution in [1.29, 1.82) is 0 Å². The van der Waals surface area contributed by atoms with E-state index in [0.29, 0.717) is 11.5 Å². The van der Waals surface area contributed by atoms with E-state index in [1.807, 2.05) is 31.1 Å². The maximum absolute atomic E-state index is 13.2. The smallest absolute Gasteiger partial charge is 0.257 e. The molecular weight excluding hydrogens is 408 g/mol. The topological polar surface area (TPSA) is 67.2 Å². The van der Waals surface area contributed by atoms with Crippen molar-refractivity contribution in [3.8, 4) is 17.2 Å².